The van der Waals surface area contributed by atoms with E-state index in [0.717, 1.165) is 4.88 Å². The first-order valence-corrected chi connectivity index (χ1v) is 7.38. The van der Waals surface area contributed by atoms with E-state index in [2.05, 4.69) is 15.9 Å². The smallest absolute Gasteiger partial charge is 0.284 e. The van der Waals surface area contributed by atoms with Crippen LogP contribution in [0.5, 0.6) is 0 Å². The van der Waals surface area contributed by atoms with Crippen molar-refractivity contribution in [1.29, 1.82) is 0 Å². The molecular weight excluding hydrogens is 344 g/mol. The second kappa shape index (κ2) is 6.15. The highest BCUT2D eigenvalue weighted by Gasteiger charge is 2.18. The van der Waals surface area contributed by atoms with Crippen molar-refractivity contribution in [1.82, 2.24) is 4.90 Å². The molecule has 0 radical (unpaired) electrons. The summed E-state index contributed by atoms with van der Waals surface area (Å²) in [7, 11) is 1.68. The Balaban J connectivity index is 2.20. The van der Waals surface area contributed by atoms with Gasteiger partial charge in [-0.3, -0.25) is 14.9 Å². The molecule has 0 aliphatic rings. The molecule has 0 saturated heterocycles. The molecule has 0 fully saturated rings. The number of nitrogens with zero attached hydrogens (tertiary/aromatic N) is 2. The normalized spacial score (nSPS) is 10.3. The lowest BCUT2D eigenvalue weighted by molar-refractivity contribution is -0.385. The molecule has 104 valence electrons. The zero-order chi connectivity index (χ0) is 14.7. The topological polar surface area (TPSA) is 63.5 Å². The van der Waals surface area contributed by atoms with E-state index in [4.69, 9.17) is 0 Å². The summed E-state index contributed by atoms with van der Waals surface area (Å²) in [6.45, 7) is 0.486. The summed E-state index contributed by atoms with van der Waals surface area (Å²) < 4.78 is 0.361. The fraction of sp³-hybridized carbons (Fsp3) is 0.154. The van der Waals surface area contributed by atoms with Crippen LogP contribution in [-0.2, 0) is 6.54 Å². The van der Waals surface area contributed by atoms with Crippen LogP contribution in [-0.4, -0.2) is 22.8 Å². The van der Waals surface area contributed by atoms with Gasteiger partial charge in [0.05, 0.1) is 15.9 Å². The van der Waals surface area contributed by atoms with Crippen molar-refractivity contribution in [3.8, 4) is 0 Å². The van der Waals surface area contributed by atoms with Crippen LogP contribution in [0.1, 0.15) is 15.2 Å². The fourth-order valence-electron chi connectivity index (χ4n) is 1.71. The minimum Gasteiger partial charge on any atom is -0.337 e. The summed E-state index contributed by atoms with van der Waals surface area (Å²) in [6, 6.07) is 8.24. The Morgan fingerprint density at radius 1 is 1.45 bits per heavy atom. The molecule has 0 bridgehead atoms. The van der Waals surface area contributed by atoms with Crippen molar-refractivity contribution < 1.29 is 9.72 Å². The Kier molecular flexibility index (Phi) is 4.51. The zero-order valence-corrected chi connectivity index (χ0v) is 13.0. The Morgan fingerprint density at radius 3 is 2.80 bits per heavy atom. The number of carbonyl (C=O) groups excluding carboxylic acids is 1. The summed E-state index contributed by atoms with van der Waals surface area (Å²) >= 11 is 4.67. The summed E-state index contributed by atoms with van der Waals surface area (Å²) in [5.41, 5.74) is 0.194. The van der Waals surface area contributed by atoms with Gasteiger partial charge in [0.25, 0.3) is 11.6 Å². The van der Waals surface area contributed by atoms with Gasteiger partial charge in [-0.15, -0.1) is 11.3 Å². The van der Waals surface area contributed by atoms with Crippen molar-refractivity contribution in [2.75, 3.05) is 7.05 Å². The maximum absolute atomic E-state index is 12.2. The van der Waals surface area contributed by atoms with Crippen molar-refractivity contribution >= 4 is 38.9 Å². The molecule has 1 aromatic carbocycles. The molecule has 1 amide bonds. The molecule has 0 N–H and O–H groups in total. The van der Waals surface area contributed by atoms with Crippen LogP contribution in [0.25, 0.3) is 0 Å². The second-order valence-corrected chi connectivity index (χ2v) is 6.05. The van der Waals surface area contributed by atoms with E-state index < -0.39 is 4.92 Å². The largest absolute Gasteiger partial charge is 0.337 e. The van der Waals surface area contributed by atoms with Crippen LogP contribution in [0, 0.1) is 10.1 Å². The predicted octanol–water partition coefficient (Wildman–Crippen LogP) is 3.69. The minimum absolute atomic E-state index is 0.111. The third-order valence-corrected chi connectivity index (χ3v) is 4.24. The molecule has 1 heterocycles. The van der Waals surface area contributed by atoms with Crippen molar-refractivity contribution in [2.24, 2.45) is 0 Å². The number of nitro groups is 1. The third-order valence-electron chi connectivity index (χ3n) is 2.71. The van der Waals surface area contributed by atoms with Gasteiger partial charge in [-0.2, -0.15) is 0 Å². The molecule has 0 atom stereocenters. The molecule has 2 rings (SSSR count). The lowest BCUT2D eigenvalue weighted by Crippen LogP contribution is -2.25. The van der Waals surface area contributed by atoms with Crippen molar-refractivity contribution in [3.05, 3.63) is 60.7 Å². The van der Waals surface area contributed by atoms with Crippen molar-refractivity contribution in [2.45, 2.75) is 6.54 Å². The summed E-state index contributed by atoms with van der Waals surface area (Å²) in [5.74, 6) is -0.242. The van der Waals surface area contributed by atoms with Gasteiger partial charge < -0.3 is 4.90 Å². The number of thiophene rings is 1. The molecule has 0 aliphatic heterocycles. The number of hydrogen-bond acceptors (Lipinski definition) is 4. The average Bonchev–Trinajstić information content (AvgIpc) is 2.91. The molecule has 7 heteroatoms. The molecule has 0 saturated carbocycles. The number of nitro benzene ring substituents is 1. The third kappa shape index (κ3) is 3.23. The Hall–Kier alpha value is -1.73. The summed E-state index contributed by atoms with van der Waals surface area (Å²) in [6.07, 6.45) is 0. The molecule has 1 aromatic heterocycles. The standard InChI is InChI=1S/C13H11BrN2O3S/c1-15(8-10-3-2-6-20-10)13(17)9-4-5-11(14)12(7-9)16(18)19/h2-7H,8H2,1H3. The maximum Gasteiger partial charge on any atom is 0.284 e. The highest BCUT2D eigenvalue weighted by Crippen LogP contribution is 2.26. The van der Waals surface area contributed by atoms with E-state index in [1.807, 2.05) is 17.5 Å². The molecule has 20 heavy (non-hydrogen) atoms. The zero-order valence-electron chi connectivity index (χ0n) is 10.6. The van der Waals surface area contributed by atoms with Gasteiger partial charge in [-0.05, 0) is 39.5 Å². The number of hydrogen-bond donors (Lipinski definition) is 0. The highest BCUT2D eigenvalue weighted by atomic mass is 79.9. The lowest BCUT2D eigenvalue weighted by Gasteiger charge is -2.16. The van der Waals surface area contributed by atoms with Gasteiger partial charge in [-0.25, -0.2) is 0 Å². The first kappa shape index (κ1) is 14.7. The van der Waals surface area contributed by atoms with Gasteiger partial charge in [-0.1, -0.05) is 6.07 Å². The van der Waals surface area contributed by atoms with E-state index in [-0.39, 0.29) is 11.6 Å². The van der Waals surface area contributed by atoms with E-state index >= 15 is 0 Å². The number of rotatable bonds is 4. The Morgan fingerprint density at radius 2 is 2.20 bits per heavy atom. The minimum atomic E-state index is -0.514. The van der Waals surface area contributed by atoms with Gasteiger partial charge in [0.15, 0.2) is 0 Å². The van der Waals surface area contributed by atoms with Crippen LogP contribution in [0.4, 0.5) is 5.69 Å². The molecule has 0 unspecified atom stereocenters. The number of carbonyl (C=O) groups is 1. The van der Waals surface area contributed by atoms with Crippen molar-refractivity contribution in [3.63, 3.8) is 0 Å². The SMILES string of the molecule is CN(Cc1cccs1)C(=O)c1ccc(Br)c([N+](=O)[O-])c1. The molecule has 5 nitrogen and oxygen atoms in total. The Bertz CT molecular complexity index is 643. The maximum atomic E-state index is 12.2. The summed E-state index contributed by atoms with van der Waals surface area (Å²) in [5, 5.41) is 12.8. The molecule has 2 aromatic rings. The first-order valence-electron chi connectivity index (χ1n) is 5.71. The summed E-state index contributed by atoms with van der Waals surface area (Å²) in [4.78, 5) is 25.2. The molecule has 0 spiro atoms. The average molecular weight is 355 g/mol. The van der Waals surface area contributed by atoms with E-state index in [1.54, 1.807) is 29.4 Å². The van der Waals surface area contributed by atoms with Crippen LogP contribution in [0.2, 0.25) is 0 Å². The van der Waals surface area contributed by atoms with E-state index in [9.17, 15) is 14.9 Å². The Labute approximate surface area is 128 Å². The molecular formula is C13H11BrN2O3S. The van der Waals surface area contributed by atoms with E-state index in [1.165, 1.54) is 12.1 Å². The quantitative estimate of drug-likeness (QED) is 0.621. The van der Waals surface area contributed by atoms with Gasteiger partial charge >= 0.3 is 0 Å². The predicted molar refractivity (Wildman–Crippen MR) is 80.9 cm³/mol. The number of benzene rings is 1. The monoisotopic (exact) mass is 354 g/mol. The first-order chi connectivity index (χ1) is 9.49. The lowest BCUT2D eigenvalue weighted by atomic mass is 10.2. The van der Waals surface area contributed by atoms with E-state index in [0.29, 0.717) is 16.6 Å². The number of amides is 1. The second-order valence-electron chi connectivity index (χ2n) is 4.16. The number of halogens is 1. The van der Waals surface area contributed by atoms with Crippen LogP contribution >= 0.6 is 27.3 Å². The van der Waals surface area contributed by atoms with Crippen LogP contribution in [0.3, 0.4) is 0 Å². The molecule has 0 aliphatic carbocycles. The van der Waals surface area contributed by atoms with Gasteiger partial charge in [0.1, 0.15) is 0 Å². The van der Waals surface area contributed by atoms with Gasteiger partial charge in [0.2, 0.25) is 0 Å². The highest BCUT2D eigenvalue weighted by molar-refractivity contribution is 9.10. The van der Waals surface area contributed by atoms with Gasteiger partial charge in [0, 0.05) is 23.6 Å². The van der Waals surface area contributed by atoms with Crippen LogP contribution < -0.4 is 0 Å². The van der Waals surface area contributed by atoms with Crippen LogP contribution in [0.15, 0.2) is 40.2 Å². The fourth-order valence-corrected chi connectivity index (χ4v) is 2.86.